The lowest BCUT2D eigenvalue weighted by molar-refractivity contribution is 0.00578. The second-order valence-corrected chi connectivity index (χ2v) is 8.66. The third-order valence-electron chi connectivity index (χ3n) is 6.47. The first-order chi connectivity index (χ1) is 12.2. The van der Waals surface area contributed by atoms with Crippen LogP contribution in [0.25, 0.3) is 0 Å². The van der Waals surface area contributed by atoms with Crippen molar-refractivity contribution in [3.63, 3.8) is 0 Å². The van der Waals surface area contributed by atoms with Gasteiger partial charge in [0.15, 0.2) is 0 Å². The smallest absolute Gasteiger partial charge is 0.465 e. The highest BCUT2D eigenvalue weighted by Gasteiger charge is 2.51. The molecule has 3 aliphatic rings. The predicted octanol–water partition coefficient (Wildman–Crippen LogP) is 2.32. The molecule has 0 aromatic heterocycles. The lowest BCUT2D eigenvalue weighted by atomic mass is 9.79. The summed E-state index contributed by atoms with van der Waals surface area (Å²) < 4.78 is 12.2. The highest BCUT2D eigenvalue weighted by Crippen LogP contribution is 2.37. The second-order valence-electron chi connectivity index (χ2n) is 8.66. The molecule has 0 radical (unpaired) electrons. The van der Waals surface area contributed by atoms with Crippen molar-refractivity contribution >= 4 is 24.4 Å². The van der Waals surface area contributed by atoms with E-state index in [1.54, 1.807) is 4.90 Å². The van der Waals surface area contributed by atoms with Gasteiger partial charge in [-0.05, 0) is 58.1 Å². The van der Waals surface area contributed by atoms with Gasteiger partial charge in [-0.15, -0.1) is 0 Å². The largest absolute Gasteiger partial charge is 0.494 e. The molecule has 7 heteroatoms. The van der Waals surface area contributed by atoms with Crippen LogP contribution in [0.4, 0.5) is 10.5 Å². The molecule has 0 spiro atoms. The molecular weight excluding hydrogens is 331 g/mol. The Morgan fingerprint density at radius 2 is 1.54 bits per heavy atom. The lowest BCUT2D eigenvalue weighted by Gasteiger charge is -2.41. The molecule has 6 nitrogen and oxygen atoms in total. The summed E-state index contributed by atoms with van der Waals surface area (Å²) in [4.78, 5) is 15.2. The van der Waals surface area contributed by atoms with Gasteiger partial charge in [-0.2, -0.15) is 0 Å². The second kappa shape index (κ2) is 5.89. The van der Waals surface area contributed by atoms with Crippen molar-refractivity contribution in [3.8, 4) is 0 Å². The number of likely N-dealkylation sites (tertiary alicyclic amines) is 1. The van der Waals surface area contributed by atoms with Crippen molar-refractivity contribution in [2.24, 2.45) is 0 Å². The van der Waals surface area contributed by atoms with Gasteiger partial charge in [-0.25, -0.2) is 4.79 Å². The summed E-state index contributed by atoms with van der Waals surface area (Å²) in [7, 11) is -0.352. The quantitative estimate of drug-likeness (QED) is 0.823. The van der Waals surface area contributed by atoms with Crippen LogP contribution < -0.4 is 10.4 Å². The number of carbonyl (C=O) groups is 1. The van der Waals surface area contributed by atoms with Crippen LogP contribution in [-0.2, 0) is 9.31 Å². The molecule has 0 unspecified atom stereocenters. The van der Waals surface area contributed by atoms with Crippen LogP contribution in [0.2, 0.25) is 0 Å². The Morgan fingerprint density at radius 3 is 2.00 bits per heavy atom. The van der Waals surface area contributed by atoms with Crippen LogP contribution in [0.5, 0.6) is 0 Å². The summed E-state index contributed by atoms with van der Waals surface area (Å²) in [6, 6.07) is 8.91. The lowest BCUT2D eigenvalue weighted by Crippen LogP contribution is -2.55. The number of carboxylic acid groups (broad SMARTS) is 1. The van der Waals surface area contributed by atoms with Crippen LogP contribution in [-0.4, -0.2) is 59.6 Å². The van der Waals surface area contributed by atoms with Crippen LogP contribution >= 0.6 is 0 Å². The highest BCUT2D eigenvalue weighted by atomic mass is 16.7. The zero-order chi connectivity index (χ0) is 18.7. The molecule has 1 N–H and O–H groups in total. The van der Waals surface area contributed by atoms with Crippen molar-refractivity contribution in [1.29, 1.82) is 0 Å². The first kappa shape index (κ1) is 17.7. The van der Waals surface area contributed by atoms with E-state index in [0.29, 0.717) is 13.1 Å². The van der Waals surface area contributed by atoms with Gasteiger partial charge in [0.2, 0.25) is 0 Å². The van der Waals surface area contributed by atoms with Gasteiger partial charge in [0, 0.05) is 30.9 Å². The molecule has 3 heterocycles. The summed E-state index contributed by atoms with van der Waals surface area (Å²) in [6.07, 6.45) is 1.29. The molecular formula is C19H27BN2O4. The Hall–Kier alpha value is -1.73. The molecule has 3 saturated heterocycles. The van der Waals surface area contributed by atoms with Gasteiger partial charge in [0.05, 0.1) is 11.2 Å². The predicted molar refractivity (Wildman–Crippen MR) is 101 cm³/mol. The van der Waals surface area contributed by atoms with Gasteiger partial charge >= 0.3 is 13.2 Å². The molecule has 2 bridgehead atoms. The van der Waals surface area contributed by atoms with E-state index in [1.165, 1.54) is 0 Å². The van der Waals surface area contributed by atoms with Gasteiger partial charge in [0.1, 0.15) is 0 Å². The number of nitrogens with zero attached hydrogens (tertiary/aromatic N) is 2. The van der Waals surface area contributed by atoms with Gasteiger partial charge in [-0.3, -0.25) is 0 Å². The summed E-state index contributed by atoms with van der Waals surface area (Å²) >= 11 is 0. The van der Waals surface area contributed by atoms with Gasteiger partial charge < -0.3 is 24.2 Å². The van der Waals surface area contributed by atoms with Crippen LogP contribution in [0.3, 0.4) is 0 Å². The minimum Gasteiger partial charge on any atom is -0.465 e. The normalized spacial score (nSPS) is 29.3. The SMILES string of the molecule is CC1(C)OB(c2ccc(N3[C@@H]4CC[C@H]3CN(C(=O)O)C4)cc2)OC1(C)C. The summed E-state index contributed by atoms with van der Waals surface area (Å²) in [5, 5.41) is 9.28. The minimum atomic E-state index is -0.808. The molecule has 4 rings (SSSR count). The molecule has 1 aromatic rings. The molecule has 26 heavy (non-hydrogen) atoms. The summed E-state index contributed by atoms with van der Waals surface area (Å²) in [5.41, 5.74) is 1.48. The number of rotatable bonds is 2. The Kier molecular flexibility index (Phi) is 4.01. The molecule has 2 atom stereocenters. The summed E-state index contributed by atoms with van der Waals surface area (Å²) in [5.74, 6) is 0. The maximum Gasteiger partial charge on any atom is 0.494 e. The monoisotopic (exact) mass is 358 g/mol. The van der Waals surface area contributed by atoms with E-state index in [0.717, 1.165) is 24.0 Å². The first-order valence-electron chi connectivity index (χ1n) is 9.40. The van der Waals surface area contributed by atoms with Crippen molar-refractivity contribution in [2.45, 2.75) is 63.8 Å². The number of hydrogen-bond acceptors (Lipinski definition) is 4. The first-order valence-corrected chi connectivity index (χ1v) is 9.40. The highest BCUT2D eigenvalue weighted by molar-refractivity contribution is 6.62. The van der Waals surface area contributed by atoms with E-state index in [4.69, 9.17) is 9.31 Å². The maximum absolute atomic E-state index is 11.3. The zero-order valence-corrected chi connectivity index (χ0v) is 15.9. The molecule has 0 saturated carbocycles. The van der Waals surface area contributed by atoms with Crippen molar-refractivity contribution in [2.75, 3.05) is 18.0 Å². The fraction of sp³-hybridized carbons (Fsp3) is 0.632. The molecule has 140 valence electrons. The molecule has 1 amide bonds. The fourth-order valence-corrected chi connectivity index (χ4v) is 4.26. The average Bonchev–Trinajstić information content (AvgIpc) is 2.95. The number of benzene rings is 1. The zero-order valence-electron chi connectivity index (χ0n) is 15.9. The van der Waals surface area contributed by atoms with Crippen molar-refractivity contribution in [1.82, 2.24) is 4.90 Å². The molecule has 1 aromatic carbocycles. The standard InChI is InChI=1S/C19H27BN2O4/c1-18(2)19(3,4)26-20(25-18)13-5-7-14(8-6-13)22-15-9-10-16(22)12-21(11-15)17(23)24/h5-8,15-16H,9-12H2,1-4H3,(H,23,24)/t15-,16+. The molecule has 0 aliphatic carbocycles. The maximum atomic E-state index is 11.3. The average molecular weight is 358 g/mol. The van der Waals surface area contributed by atoms with Gasteiger partial charge in [-0.1, -0.05) is 12.1 Å². The molecule has 3 aliphatic heterocycles. The third-order valence-corrected chi connectivity index (χ3v) is 6.47. The van der Waals surface area contributed by atoms with Gasteiger partial charge in [0.25, 0.3) is 0 Å². The Bertz CT molecular complexity index is 676. The van der Waals surface area contributed by atoms with Crippen molar-refractivity contribution < 1.29 is 19.2 Å². The van der Waals surface area contributed by atoms with Crippen LogP contribution in [0.1, 0.15) is 40.5 Å². The van der Waals surface area contributed by atoms with Crippen molar-refractivity contribution in [3.05, 3.63) is 24.3 Å². The Balaban J connectivity index is 1.50. The van der Waals surface area contributed by atoms with Crippen LogP contribution in [0, 0.1) is 0 Å². The van der Waals surface area contributed by atoms with Crippen LogP contribution in [0.15, 0.2) is 24.3 Å². The minimum absolute atomic E-state index is 0.271. The number of anilines is 1. The Labute approximate surface area is 155 Å². The fourth-order valence-electron chi connectivity index (χ4n) is 4.26. The Morgan fingerprint density at radius 1 is 1.04 bits per heavy atom. The van der Waals surface area contributed by atoms with E-state index in [9.17, 15) is 9.90 Å². The van der Waals surface area contributed by atoms with E-state index in [1.807, 2.05) is 0 Å². The van der Waals surface area contributed by atoms with E-state index in [-0.39, 0.29) is 30.4 Å². The van der Waals surface area contributed by atoms with E-state index in [2.05, 4.69) is 56.9 Å². The molecule has 3 fully saturated rings. The number of amides is 1. The van der Waals surface area contributed by atoms with E-state index >= 15 is 0 Å². The van der Waals surface area contributed by atoms with E-state index < -0.39 is 6.09 Å². The number of piperazine rings is 1. The topological polar surface area (TPSA) is 62.2 Å². The summed E-state index contributed by atoms with van der Waals surface area (Å²) in [6.45, 7) is 9.40. The number of fused-ring (bicyclic) bond motifs is 2. The number of hydrogen-bond donors (Lipinski definition) is 1. The third kappa shape index (κ3) is 2.78.